The summed E-state index contributed by atoms with van der Waals surface area (Å²) in [4.78, 5) is -0.164. The van der Waals surface area contributed by atoms with Crippen molar-refractivity contribution < 1.29 is 13.1 Å². The normalized spacial score (nSPS) is 21.7. The lowest BCUT2D eigenvalue weighted by molar-refractivity contribution is -0.744. The van der Waals surface area contributed by atoms with Gasteiger partial charge in [0.1, 0.15) is 12.7 Å². The maximum Gasteiger partial charge on any atom is 0.277 e. The van der Waals surface area contributed by atoms with Gasteiger partial charge in [-0.3, -0.25) is 4.65 Å². The maximum absolute atomic E-state index is 12.7. The fourth-order valence-electron chi connectivity index (χ4n) is 2.06. The lowest BCUT2D eigenvalue weighted by Gasteiger charge is -2.38. The Balaban J connectivity index is 2.47. The Kier molecular flexibility index (Phi) is 3.71. The number of nitrogens with zero attached hydrogens (tertiary/aromatic N) is 1. The molecule has 0 aliphatic carbocycles. The molecule has 4 nitrogen and oxygen atoms in total. The second kappa shape index (κ2) is 5.13. The molecule has 0 saturated carbocycles. The summed E-state index contributed by atoms with van der Waals surface area (Å²) in [7, 11) is -2.52. The van der Waals surface area contributed by atoms with Crippen molar-refractivity contribution >= 4 is 15.3 Å². The molecule has 1 atom stereocenters. The van der Waals surface area contributed by atoms with Crippen LogP contribution in [0.5, 0.6) is 0 Å². The van der Waals surface area contributed by atoms with E-state index in [1.807, 2.05) is 32.0 Å². The van der Waals surface area contributed by atoms with Gasteiger partial charge < -0.3 is 5.21 Å². The molecule has 1 aromatic rings. The summed E-state index contributed by atoms with van der Waals surface area (Å²) in [6.45, 7) is 3.94. The van der Waals surface area contributed by atoms with Crippen LogP contribution in [0.2, 0.25) is 0 Å². The third kappa shape index (κ3) is 2.84. The number of quaternary nitrogens is 1. The van der Waals surface area contributed by atoms with Crippen molar-refractivity contribution in [2.24, 2.45) is 0 Å². The summed E-state index contributed by atoms with van der Waals surface area (Å²) in [5, 5.41) is 12.7. The zero-order chi connectivity index (χ0) is 14.0. The third-order valence-corrected chi connectivity index (χ3v) is 3.92. The Bertz CT molecular complexity index is 693. The van der Waals surface area contributed by atoms with Crippen LogP contribution in [0.1, 0.15) is 16.7 Å². The second-order valence-corrected chi connectivity index (χ2v) is 5.54. The number of aryl methyl sites for hydroxylation is 2. The van der Waals surface area contributed by atoms with E-state index >= 15 is 0 Å². The van der Waals surface area contributed by atoms with E-state index in [0.717, 1.165) is 16.7 Å². The van der Waals surface area contributed by atoms with E-state index in [0.29, 0.717) is 0 Å². The van der Waals surface area contributed by atoms with Crippen LogP contribution in [0.15, 0.2) is 42.6 Å². The molecule has 0 radical (unpaired) electrons. The molecular weight excluding hydrogens is 262 g/mol. The first-order valence-corrected chi connectivity index (χ1v) is 6.97. The van der Waals surface area contributed by atoms with Crippen LogP contribution >= 0.6 is 0 Å². The van der Waals surface area contributed by atoms with Crippen molar-refractivity contribution in [2.75, 3.05) is 0 Å². The second-order valence-electron chi connectivity index (χ2n) is 4.66. The molecule has 1 aromatic carbocycles. The zero-order valence-corrected chi connectivity index (χ0v) is 11.6. The Morgan fingerprint density at radius 3 is 2.63 bits per heavy atom. The van der Waals surface area contributed by atoms with E-state index in [1.165, 1.54) is 12.3 Å². The topological polar surface area (TPSA) is 57.2 Å². The number of benzene rings is 1. The van der Waals surface area contributed by atoms with Gasteiger partial charge in [-0.2, -0.15) is 8.42 Å². The smallest absolute Gasteiger partial charge is 0.277 e. The van der Waals surface area contributed by atoms with Crippen LogP contribution in [0, 0.1) is 19.1 Å². The molecule has 2 rings (SSSR count). The van der Waals surface area contributed by atoms with E-state index in [4.69, 9.17) is 0 Å². The molecule has 1 heterocycles. The van der Waals surface area contributed by atoms with Gasteiger partial charge in [-0.25, -0.2) is 0 Å². The van der Waals surface area contributed by atoms with Gasteiger partial charge in [0.05, 0.1) is 0 Å². The Morgan fingerprint density at radius 2 is 1.95 bits per heavy atom. The van der Waals surface area contributed by atoms with Gasteiger partial charge in [-0.05, 0) is 31.6 Å². The van der Waals surface area contributed by atoms with E-state index in [2.05, 4.69) is 0 Å². The molecule has 0 spiro atoms. The van der Waals surface area contributed by atoms with Crippen LogP contribution in [-0.2, 0) is 16.8 Å². The largest absolute Gasteiger partial charge is 0.621 e. The van der Waals surface area contributed by atoms with Gasteiger partial charge in [-0.15, -0.1) is 0 Å². The summed E-state index contributed by atoms with van der Waals surface area (Å²) in [6.07, 6.45) is 5.84. The highest BCUT2D eigenvalue weighted by molar-refractivity contribution is 7.72. The summed E-state index contributed by atoms with van der Waals surface area (Å²) < 4.78 is 21.4. The number of hydrogen-bond acceptors (Lipinski definition) is 3. The van der Waals surface area contributed by atoms with Crippen molar-refractivity contribution in [3.8, 4) is 0 Å². The van der Waals surface area contributed by atoms with Crippen molar-refractivity contribution in [3.63, 3.8) is 0 Å². The Labute approximate surface area is 114 Å². The summed E-state index contributed by atoms with van der Waals surface area (Å²) in [5.41, 5.74) is 2.89. The van der Waals surface area contributed by atoms with Gasteiger partial charge in [0.2, 0.25) is 0 Å². The highest BCUT2D eigenvalue weighted by Gasteiger charge is 2.25. The summed E-state index contributed by atoms with van der Waals surface area (Å²) >= 11 is 0. The van der Waals surface area contributed by atoms with Crippen LogP contribution in [-0.4, -0.2) is 18.1 Å². The van der Waals surface area contributed by atoms with Crippen LogP contribution in [0.3, 0.4) is 0 Å². The lowest BCUT2D eigenvalue weighted by atomic mass is 10.0. The van der Waals surface area contributed by atoms with E-state index in [-0.39, 0.29) is 11.5 Å². The van der Waals surface area contributed by atoms with Gasteiger partial charge in [0.25, 0.3) is 15.3 Å². The number of hydroxylamine groups is 3. The SMILES string of the molecule is Cc1ccc(C)c(C[N+]2([O-])C=CC=CC2=S(=O)=O)c1. The molecule has 1 aliphatic rings. The van der Waals surface area contributed by atoms with Gasteiger partial charge in [-0.1, -0.05) is 23.8 Å². The van der Waals surface area contributed by atoms with Gasteiger partial charge in [0, 0.05) is 11.6 Å². The molecule has 1 aliphatic heterocycles. The Hall–Kier alpha value is -1.69. The molecule has 100 valence electrons. The standard InChI is InChI=1S/C14H15NO3S/c1-11-6-7-12(2)13(9-11)10-15(16)8-4-3-5-14(15)19(17)18/h3-9H,10H2,1-2H3. The zero-order valence-electron chi connectivity index (χ0n) is 10.8. The number of allylic oxidation sites excluding steroid dienone is 2. The quantitative estimate of drug-likeness (QED) is 0.473. The highest BCUT2D eigenvalue weighted by Crippen LogP contribution is 2.21. The van der Waals surface area contributed by atoms with E-state index in [9.17, 15) is 13.6 Å². The fraction of sp³-hybridized carbons (Fsp3) is 0.214. The van der Waals surface area contributed by atoms with Crippen molar-refractivity contribution in [2.45, 2.75) is 20.4 Å². The van der Waals surface area contributed by atoms with Gasteiger partial charge in [0.15, 0.2) is 0 Å². The Morgan fingerprint density at radius 1 is 1.21 bits per heavy atom. The summed E-state index contributed by atoms with van der Waals surface area (Å²) in [6, 6.07) is 5.83. The maximum atomic E-state index is 12.7. The minimum absolute atomic E-state index is 0.0810. The van der Waals surface area contributed by atoms with Crippen LogP contribution in [0.25, 0.3) is 0 Å². The lowest BCUT2D eigenvalue weighted by Crippen LogP contribution is -2.42. The minimum Gasteiger partial charge on any atom is -0.621 e. The van der Waals surface area contributed by atoms with Crippen molar-refractivity contribution in [1.29, 1.82) is 0 Å². The first kappa shape index (κ1) is 13.7. The first-order chi connectivity index (χ1) is 8.92. The third-order valence-electron chi connectivity index (χ3n) is 3.13. The van der Waals surface area contributed by atoms with Crippen molar-refractivity contribution in [3.05, 3.63) is 64.5 Å². The number of hydrogen-bond donors (Lipinski definition) is 0. The highest BCUT2D eigenvalue weighted by atomic mass is 32.2. The molecule has 19 heavy (non-hydrogen) atoms. The van der Waals surface area contributed by atoms with Crippen molar-refractivity contribution in [1.82, 2.24) is 0 Å². The average Bonchev–Trinajstić information content (AvgIpc) is 2.33. The molecule has 0 bridgehead atoms. The van der Waals surface area contributed by atoms with Crippen LogP contribution in [0.4, 0.5) is 0 Å². The first-order valence-electron chi connectivity index (χ1n) is 5.90. The molecule has 0 N–H and O–H groups in total. The van der Waals surface area contributed by atoms with E-state index < -0.39 is 14.9 Å². The van der Waals surface area contributed by atoms with Crippen LogP contribution < -0.4 is 0 Å². The van der Waals surface area contributed by atoms with Gasteiger partial charge >= 0.3 is 0 Å². The monoisotopic (exact) mass is 277 g/mol. The molecule has 5 heteroatoms. The minimum atomic E-state index is -2.52. The molecule has 0 saturated heterocycles. The fourth-order valence-corrected chi connectivity index (χ4v) is 2.63. The molecule has 0 amide bonds. The summed E-state index contributed by atoms with van der Waals surface area (Å²) in [5.74, 6) is 0. The molecule has 0 fully saturated rings. The number of rotatable bonds is 2. The predicted octanol–water partition coefficient (Wildman–Crippen LogP) is 2.21. The molecular formula is C14H15NO3S. The molecule has 0 aromatic heterocycles. The molecule has 1 unspecified atom stereocenters. The average molecular weight is 277 g/mol. The predicted molar refractivity (Wildman–Crippen MR) is 75.5 cm³/mol. The van der Waals surface area contributed by atoms with E-state index in [1.54, 1.807) is 12.2 Å².